The first-order chi connectivity index (χ1) is 6.29. The van der Waals surface area contributed by atoms with Crippen LogP contribution in [0.1, 0.15) is 19.3 Å². The predicted octanol–water partition coefficient (Wildman–Crippen LogP) is 1.81. The molecule has 0 unspecified atom stereocenters. The summed E-state index contributed by atoms with van der Waals surface area (Å²) in [5.74, 6) is 0. The second-order valence-corrected chi connectivity index (χ2v) is 4.13. The molecule has 0 amide bonds. The van der Waals surface area contributed by atoms with Crippen LogP contribution in [0.5, 0.6) is 0 Å². The summed E-state index contributed by atoms with van der Waals surface area (Å²) in [7, 11) is 0. The zero-order valence-corrected chi connectivity index (χ0v) is 8.95. The van der Waals surface area contributed by atoms with Gasteiger partial charge in [-0.25, -0.2) is 0 Å². The van der Waals surface area contributed by atoms with Gasteiger partial charge in [0.1, 0.15) is 0 Å². The third-order valence-electron chi connectivity index (χ3n) is 2.34. The van der Waals surface area contributed by atoms with Crippen LogP contribution in [0.25, 0.3) is 0 Å². The zero-order valence-electron chi connectivity index (χ0n) is 8.19. The number of rotatable bonds is 6. The molecule has 0 saturated carbocycles. The average molecular weight is 203 g/mol. The highest BCUT2D eigenvalue weighted by Crippen LogP contribution is 2.06. The van der Waals surface area contributed by atoms with Crippen LogP contribution in [-0.4, -0.2) is 37.6 Å². The van der Waals surface area contributed by atoms with Gasteiger partial charge in [-0.1, -0.05) is 18.2 Å². The first-order valence-corrected chi connectivity index (χ1v) is 5.43. The molecule has 0 aromatic heterocycles. The fourth-order valence-corrected chi connectivity index (χ4v) is 1.75. The van der Waals surface area contributed by atoms with E-state index >= 15 is 0 Å². The third-order valence-corrected chi connectivity index (χ3v) is 2.48. The predicted molar refractivity (Wildman–Crippen MR) is 58.2 cm³/mol. The molecule has 0 spiro atoms. The highest BCUT2D eigenvalue weighted by Gasteiger charge is 2.09. The monoisotopic (exact) mass is 202 g/mol. The van der Waals surface area contributed by atoms with Gasteiger partial charge in [0, 0.05) is 11.6 Å². The minimum absolute atomic E-state index is 0.696. The normalized spacial score (nSPS) is 17.9. The van der Waals surface area contributed by atoms with E-state index in [1.54, 1.807) is 0 Å². The van der Waals surface area contributed by atoms with Crippen LogP contribution in [0.3, 0.4) is 0 Å². The van der Waals surface area contributed by atoms with Crippen molar-refractivity contribution in [2.24, 2.45) is 0 Å². The first-order valence-electron chi connectivity index (χ1n) is 5.05. The number of halogens is 1. The molecule has 1 aliphatic heterocycles. The van der Waals surface area contributed by atoms with Crippen molar-refractivity contribution in [1.29, 1.82) is 0 Å². The van der Waals surface area contributed by atoms with Crippen molar-refractivity contribution in [2.75, 3.05) is 32.7 Å². The molecule has 13 heavy (non-hydrogen) atoms. The van der Waals surface area contributed by atoms with Crippen molar-refractivity contribution in [2.45, 2.75) is 19.3 Å². The van der Waals surface area contributed by atoms with E-state index < -0.39 is 0 Å². The van der Waals surface area contributed by atoms with Crippen LogP contribution in [-0.2, 0) is 0 Å². The molecule has 0 atom stereocenters. The molecule has 0 radical (unpaired) electrons. The van der Waals surface area contributed by atoms with E-state index in [1.165, 1.54) is 38.9 Å². The minimum atomic E-state index is 0.696. The number of hydrogen-bond donors (Lipinski definition) is 1. The lowest BCUT2D eigenvalue weighted by atomic mass is 10.4. The molecule has 1 rings (SSSR count). The van der Waals surface area contributed by atoms with Gasteiger partial charge >= 0.3 is 0 Å². The van der Waals surface area contributed by atoms with Crippen molar-refractivity contribution >= 4 is 11.6 Å². The molecule has 0 aromatic rings. The van der Waals surface area contributed by atoms with Crippen molar-refractivity contribution in [3.8, 4) is 0 Å². The maximum atomic E-state index is 5.62. The molecule has 1 N–H and O–H groups in total. The fraction of sp³-hybridized carbons (Fsp3) is 0.800. The van der Waals surface area contributed by atoms with Crippen molar-refractivity contribution < 1.29 is 0 Å². The number of hydrogen-bond acceptors (Lipinski definition) is 2. The Morgan fingerprint density at radius 2 is 2.08 bits per heavy atom. The SMILES string of the molecule is C=C(Cl)CNCCCN1CCCC1. The molecule has 0 bridgehead atoms. The van der Waals surface area contributed by atoms with E-state index in [4.69, 9.17) is 11.6 Å². The lowest BCUT2D eigenvalue weighted by molar-refractivity contribution is 0.332. The smallest absolute Gasteiger partial charge is 0.0307 e. The van der Waals surface area contributed by atoms with Crippen LogP contribution in [0.2, 0.25) is 0 Å². The Kier molecular flexibility index (Phi) is 5.44. The van der Waals surface area contributed by atoms with Crippen LogP contribution < -0.4 is 5.32 Å². The summed E-state index contributed by atoms with van der Waals surface area (Å²) in [6.07, 6.45) is 3.97. The van der Waals surface area contributed by atoms with Gasteiger partial charge in [0.05, 0.1) is 0 Å². The molecule has 1 aliphatic rings. The summed E-state index contributed by atoms with van der Waals surface area (Å²) in [5.41, 5.74) is 0. The van der Waals surface area contributed by atoms with E-state index in [2.05, 4.69) is 16.8 Å². The Balaban J connectivity index is 1.86. The van der Waals surface area contributed by atoms with Gasteiger partial charge in [0.2, 0.25) is 0 Å². The lowest BCUT2D eigenvalue weighted by Crippen LogP contribution is -2.25. The topological polar surface area (TPSA) is 15.3 Å². The van der Waals surface area contributed by atoms with E-state index in [9.17, 15) is 0 Å². The van der Waals surface area contributed by atoms with E-state index in [-0.39, 0.29) is 0 Å². The maximum absolute atomic E-state index is 5.62. The number of nitrogens with one attached hydrogen (secondary N) is 1. The molecule has 1 saturated heterocycles. The third kappa shape index (κ3) is 5.29. The summed E-state index contributed by atoms with van der Waals surface area (Å²) in [4.78, 5) is 2.52. The summed E-state index contributed by atoms with van der Waals surface area (Å²) in [5, 5.41) is 3.95. The molecule has 3 heteroatoms. The second-order valence-electron chi connectivity index (χ2n) is 3.60. The standard InChI is InChI=1S/C10H19ClN2/c1-10(11)9-12-5-4-8-13-6-2-3-7-13/h12H,1-9H2. The van der Waals surface area contributed by atoms with Gasteiger partial charge in [-0.3, -0.25) is 0 Å². The first kappa shape index (κ1) is 11.0. The molecule has 0 aliphatic carbocycles. The van der Waals surface area contributed by atoms with Gasteiger partial charge in [-0.15, -0.1) is 0 Å². The Morgan fingerprint density at radius 1 is 1.38 bits per heavy atom. The summed E-state index contributed by atoms with van der Waals surface area (Å²) in [6.45, 7) is 9.22. The van der Waals surface area contributed by atoms with E-state index in [0.29, 0.717) is 5.03 Å². The highest BCUT2D eigenvalue weighted by atomic mass is 35.5. The summed E-state index contributed by atoms with van der Waals surface area (Å²) >= 11 is 5.62. The van der Waals surface area contributed by atoms with Gasteiger partial charge in [-0.2, -0.15) is 0 Å². The summed E-state index contributed by atoms with van der Waals surface area (Å²) < 4.78 is 0. The second kappa shape index (κ2) is 6.41. The fourth-order valence-electron chi connectivity index (χ4n) is 1.66. The number of nitrogens with zero attached hydrogens (tertiary/aromatic N) is 1. The highest BCUT2D eigenvalue weighted by molar-refractivity contribution is 6.29. The average Bonchev–Trinajstić information content (AvgIpc) is 2.55. The molecule has 0 aromatic carbocycles. The quantitative estimate of drug-likeness (QED) is 0.661. The largest absolute Gasteiger partial charge is 0.312 e. The Morgan fingerprint density at radius 3 is 2.69 bits per heavy atom. The van der Waals surface area contributed by atoms with E-state index in [0.717, 1.165) is 13.1 Å². The van der Waals surface area contributed by atoms with Gasteiger partial charge in [-0.05, 0) is 45.4 Å². The Labute approximate surface area is 85.9 Å². The summed E-state index contributed by atoms with van der Waals surface area (Å²) in [6, 6.07) is 0. The molecule has 76 valence electrons. The van der Waals surface area contributed by atoms with Gasteiger partial charge in [0.15, 0.2) is 0 Å². The zero-order chi connectivity index (χ0) is 9.52. The lowest BCUT2D eigenvalue weighted by Gasteiger charge is -2.13. The van der Waals surface area contributed by atoms with E-state index in [1.807, 2.05) is 0 Å². The molecule has 1 heterocycles. The van der Waals surface area contributed by atoms with Crippen LogP contribution in [0, 0.1) is 0 Å². The van der Waals surface area contributed by atoms with Crippen molar-refractivity contribution in [3.63, 3.8) is 0 Å². The Hall–Kier alpha value is -0.0500. The van der Waals surface area contributed by atoms with Crippen molar-refractivity contribution in [1.82, 2.24) is 10.2 Å². The number of likely N-dealkylation sites (tertiary alicyclic amines) is 1. The van der Waals surface area contributed by atoms with Crippen molar-refractivity contribution in [3.05, 3.63) is 11.6 Å². The van der Waals surface area contributed by atoms with Crippen LogP contribution >= 0.6 is 11.6 Å². The minimum Gasteiger partial charge on any atom is -0.312 e. The molecular weight excluding hydrogens is 184 g/mol. The van der Waals surface area contributed by atoms with Crippen LogP contribution in [0.15, 0.2) is 11.6 Å². The molecular formula is C10H19ClN2. The molecule has 1 fully saturated rings. The van der Waals surface area contributed by atoms with Crippen LogP contribution in [0.4, 0.5) is 0 Å². The molecule has 2 nitrogen and oxygen atoms in total. The van der Waals surface area contributed by atoms with Gasteiger partial charge in [0.25, 0.3) is 0 Å². The van der Waals surface area contributed by atoms with Gasteiger partial charge < -0.3 is 10.2 Å². The Bertz CT molecular complexity index is 153. The maximum Gasteiger partial charge on any atom is 0.0307 e.